The third-order valence-corrected chi connectivity index (χ3v) is 6.33. The molecule has 2 aromatic heterocycles. The number of amides is 1. The van der Waals surface area contributed by atoms with E-state index in [-0.39, 0.29) is 11.9 Å². The van der Waals surface area contributed by atoms with Crippen molar-refractivity contribution < 1.29 is 9.53 Å². The van der Waals surface area contributed by atoms with Crippen LogP contribution in [0.2, 0.25) is 0 Å². The molecule has 0 bridgehead atoms. The van der Waals surface area contributed by atoms with Crippen LogP contribution >= 0.6 is 11.8 Å². The Morgan fingerprint density at radius 3 is 2.81 bits per heavy atom. The van der Waals surface area contributed by atoms with Gasteiger partial charge in [-0.2, -0.15) is 15.0 Å². The number of hydrogen-bond acceptors (Lipinski definition) is 6. The highest BCUT2D eigenvalue weighted by atomic mass is 32.2. The Bertz CT molecular complexity index is 1240. The number of carbonyl (C=O) groups excluding carboxylic acids is 1. The number of nitrogens with one attached hydrogen (secondary N) is 1. The van der Waals surface area contributed by atoms with Gasteiger partial charge in [-0.1, -0.05) is 0 Å². The van der Waals surface area contributed by atoms with Crippen molar-refractivity contribution in [2.24, 2.45) is 0 Å². The van der Waals surface area contributed by atoms with Crippen LogP contribution in [-0.2, 0) is 0 Å². The Labute approximate surface area is 183 Å². The third-order valence-electron chi connectivity index (χ3n) is 5.61. The molecule has 1 fully saturated rings. The molecular formula is C22H22N6O2S. The van der Waals surface area contributed by atoms with Crippen LogP contribution in [0.3, 0.4) is 0 Å². The average molecular weight is 435 g/mol. The Hall–Kier alpha value is -3.33. The first-order chi connectivity index (χ1) is 15.2. The average Bonchev–Trinajstić information content (AvgIpc) is 3.57. The lowest BCUT2D eigenvalue weighted by Crippen LogP contribution is -2.32. The van der Waals surface area contributed by atoms with Crippen molar-refractivity contribution in [2.75, 3.05) is 19.9 Å². The summed E-state index contributed by atoms with van der Waals surface area (Å²) in [6, 6.07) is 11.4. The Morgan fingerprint density at radius 1 is 1.19 bits per heavy atom. The number of aromatic amines is 1. The van der Waals surface area contributed by atoms with Crippen molar-refractivity contribution in [3.63, 3.8) is 0 Å². The van der Waals surface area contributed by atoms with Gasteiger partial charge in [0, 0.05) is 11.4 Å². The predicted octanol–water partition coefficient (Wildman–Crippen LogP) is 3.85. The van der Waals surface area contributed by atoms with Gasteiger partial charge in [-0.05, 0) is 55.5 Å². The van der Waals surface area contributed by atoms with E-state index in [2.05, 4.69) is 33.6 Å². The first-order valence-electron chi connectivity index (χ1n) is 10.1. The number of hydrogen-bond donors (Lipinski definition) is 1. The molecule has 1 atom stereocenters. The molecule has 0 spiro atoms. The SMILES string of the molecule is COc1ccc(-n2nccn2)c(C(=O)N2CCCC2c2nc3ccc(SC)cc3[nH]2)c1. The highest BCUT2D eigenvalue weighted by molar-refractivity contribution is 7.98. The summed E-state index contributed by atoms with van der Waals surface area (Å²) in [6.45, 7) is 0.666. The number of fused-ring (bicyclic) bond motifs is 1. The van der Waals surface area contributed by atoms with Gasteiger partial charge in [0.15, 0.2) is 0 Å². The molecule has 1 aliphatic heterocycles. The van der Waals surface area contributed by atoms with Crippen molar-refractivity contribution in [3.05, 3.63) is 60.2 Å². The fourth-order valence-corrected chi connectivity index (χ4v) is 4.51. The number of imidazole rings is 1. The van der Waals surface area contributed by atoms with Crippen molar-refractivity contribution in [1.29, 1.82) is 0 Å². The van der Waals surface area contributed by atoms with Crippen molar-refractivity contribution in [2.45, 2.75) is 23.8 Å². The topological polar surface area (TPSA) is 88.9 Å². The molecule has 9 heteroatoms. The van der Waals surface area contributed by atoms with Gasteiger partial charge in [0.25, 0.3) is 5.91 Å². The lowest BCUT2D eigenvalue weighted by Gasteiger charge is -2.24. The maximum Gasteiger partial charge on any atom is 0.256 e. The van der Waals surface area contributed by atoms with Gasteiger partial charge in [0.1, 0.15) is 11.6 Å². The van der Waals surface area contributed by atoms with E-state index in [9.17, 15) is 4.79 Å². The number of ether oxygens (including phenoxy) is 1. The minimum absolute atomic E-state index is 0.0843. The molecule has 0 radical (unpaired) electrons. The van der Waals surface area contributed by atoms with Gasteiger partial charge in [-0.15, -0.1) is 11.8 Å². The Balaban J connectivity index is 1.52. The Kier molecular flexibility index (Phi) is 5.11. The zero-order valence-electron chi connectivity index (χ0n) is 17.3. The first kappa shape index (κ1) is 19.6. The highest BCUT2D eigenvalue weighted by Gasteiger charge is 2.34. The number of likely N-dealkylation sites (tertiary alicyclic amines) is 1. The second kappa shape index (κ2) is 8.07. The molecule has 1 unspecified atom stereocenters. The molecule has 1 amide bonds. The quantitative estimate of drug-likeness (QED) is 0.480. The first-order valence-corrected chi connectivity index (χ1v) is 11.3. The summed E-state index contributed by atoms with van der Waals surface area (Å²) in [5.41, 5.74) is 3.03. The van der Waals surface area contributed by atoms with Crippen LogP contribution in [-0.4, -0.2) is 55.7 Å². The zero-order valence-corrected chi connectivity index (χ0v) is 18.1. The minimum atomic E-state index is -0.109. The van der Waals surface area contributed by atoms with E-state index in [1.807, 2.05) is 17.0 Å². The molecule has 158 valence electrons. The molecule has 0 aliphatic carbocycles. The van der Waals surface area contributed by atoms with E-state index in [4.69, 9.17) is 9.72 Å². The number of aromatic nitrogens is 5. The van der Waals surface area contributed by atoms with Gasteiger partial charge in [-0.3, -0.25) is 4.79 Å². The Morgan fingerprint density at radius 2 is 2.03 bits per heavy atom. The molecule has 4 aromatic rings. The van der Waals surface area contributed by atoms with Gasteiger partial charge in [0.2, 0.25) is 0 Å². The largest absolute Gasteiger partial charge is 0.497 e. The number of nitrogens with zero attached hydrogens (tertiary/aromatic N) is 5. The third kappa shape index (κ3) is 3.54. The van der Waals surface area contributed by atoms with Crippen molar-refractivity contribution >= 4 is 28.7 Å². The maximum absolute atomic E-state index is 13.7. The predicted molar refractivity (Wildman–Crippen MR) is 119 cm³/mol. The van der Waals surface area contributed by atoms with Crippen LogP contribution in [0, 0.1) is 0 Å². The second-order valence-electron chi connectivity index (χ2n) is 7.36. The molecule has 31 heavy (non-hydrogen) atoms. The molecule has 3 heterocycles. The molecule has 1 N–H and O–H groups in total. The van der Waals surface area contributed by atoms with E-state index in [0.717, 1.165) is 29.7 Å². The summed E-state index contributed by atoms with van der Waals surface area (Å²) in [4.78, 5) is 26.4. The van der Waals surface area contributed by atoms with Crippen LogP contribution in [0.15, 0.2) is 53.7 Å². The number of H-pyrrole nitrogens is 1. The fraction of sp³-hybridized carbons (Fsp3) is 0.273. The van der Waals surface area contributed by atoms with Crippen LogP contribution in [0.25, 0.3) is 16.7 Å². The maximum atomic E-state index is 13.7. The summed E-state index contributed by atoms with van der Waals surface area (Å²) < 4.78 is 5.37. The van der Waals surface area contributed by atoms with Crippen LogP contribution in [0.5, 0.6) is 5.75 Å². The summed E-state index contributed by atoms with van der Waals surface area (Å²) in [5, 5.41) is 8.41. The molecule has 2 aromatic carbocycles. The van der Waals surface area contributed by atoms with Crippen LogP contribution < -0.4 is 4.74 Å². The summed E-state index contributed by atoms with van der Waals surface area (Å²) in [5.74, 6) is 1.35. The minimum Gasteiger partial charge on any atom is -0.497 e. The number of carbonyl (C=O) groups is 1. The fourth-order valence-electron chi connectivity index (χ4n) is 4.07. The van der Waals surface area contributed by atoms with Crippen molar-refractivity contribution in [3.8, 4) is 11.4 Å². The number of rotatable bonds is 5. The van der Waals surface area contributed by atoms with E-state index in [1.54, 1.807) is 43.4 Å². The molecule has 8 nitrogen and oxygen atoms in total. The molecular weight excluding hydrogens is 412 g/mol. The number of thioether (sulfide) groups is 1. The lowest BCUT2D eigenvalue weighted by atomic mass is 10.1. The standard InChI is InChI=1S/C22H22N6O2S/c1-30-14-5-8-19(28-23-9-10-24-28)16(12-14)22(29)27-11-3-4-20(27)21-25-17-7-6-15(31-2)13-18(17)26-21/h5-10,12-13,20H,3-4,11H2,1-2H3,(H,25,26). The highest BCUT2D eigenvalue weighted by Crippen LogP contribution is 2.34. The van der Waals surface area contributed by atoms with Crippen LogP contribution in [0.4, 0.5) is 0 Å². The van der Waals surface area contributed by atoms with Crippen LogP contribution in [0.1, 0.15) is 35.1 Å². The lowest BCUT2D eigenvalue weighted by molar-refractivity contribution is 0.0730. The molecule has 1 aliphatic rings. The normalized spacial score (nSPS) is 16.2. The van der Waals surface area contributed by atoms with E-state index < -0.39 is 0 Å². The molecule has 5 rings (SSSR count). The monoisotopic (exact) mass is 434 g/mol. The number of benzene rings is 2. The van der Waals surface area contributed by atoms with Gasteiger partial charge < -0.3 is 14.6 Å². The zero-order chi connectivity index (χ0) is 21.4. The van der Waals surface area contributed by atoms with E-state index >= 15 is 0 Å². The van der Waals surface area contributed by atoms with Gasteiger partial charge >= 0.3 is 0 Å². The van der Waals surface area contributed by atoms with Crippen molar-refractivity contribution in [1.82, 2.24) is 29.9 Å². The van der Waals surface area contributed by atoms with Gasteiger partial charge in [0.05, 0.1) is 47.8 Å². The smallest absolute Gasteiger partial charge is 0.256 e. The summed E-state index contributed by atoms with van der Waals surface area (Å²) in [6.07, 6.45) is 7.02. The van der Waals surface area contributed by atoms with E-state index in [1.165, 1.54) is 9.69 Å². The summed E-state index contributed by atoms with van der Waals surface area (Å²) in [7, 11) is 1.59. The number of methoxy groups -OCH3 is 1. The van der Waals surface area contributed by atoms with E-state index in [0.29, 0.717) is 23.5 Å². The molecule has 0 saturated carbocycles. The van der Waals surface area contributed by atoms with Gasteiger partial charge in [-0.25, -0.2) is 4.98 Å². The second-order valence-corrected chi connectivity index (χ2v) is 8.24. The molecule has 1 saturated heterocycles. The summed E-state index contributed by atoms with van der Waals surface area (Å²) >= 11 is 1.69.